The van der Waals surface area contributed by atoms with Gasteiger partial charge in [-0.05, 0) is 29.5 Å². The molecule has 2 N–H and O–H groups in total. The van der Waals surface area contributed by atoms with Crippen LogP contribution in [-0.2, 0) is 25.7 Å². The summed E-state index contributed by atoms with van der Waals surface area (Å²) in [5.74, 6) is -1.08. The topological polar surface area (TPSA) is 113 Å². The maximum atomic E-state index is 12.8. The highest BCUT2D eigenvalue weighted by atomic mass is 16.6. The first-order valence-corrected chi connectivity index (χ1v) is 11.3. The maximum Gasteiger partial charge on any atom is 0.329 e. The molecule has 1 atom stereocenters. The molecule has 34 heavy (non-hydrogen) atoms. The quantitative estimate of drug-likeness (QED) is 0.435. The number of likely N-dealkylation sites (tertiary alicyclic amines) is 1. The summed E-state index contributed by atoms with van der Waals surface area (Å²) in [6, 6.07) is 17.8. The van der Waals surface area contributed by atoms with Crippen LogP contribution in [0.15, 0.2) is 64.9 Å². The Morgan fingerprint density at radius 1 is 1.15 bits per heavy atom. The molecule has 9 heteroatoms. The van der Waals surface area contributed by atoms with Crippen LogP contribution in [0.25, 0.3) is 0 Å². The average Bonchev–Trinajstić information content (AvgIpc) is 3.37. The first-order chi connectivity index (χ1) is 16.6. The van der Waals surface area contributed by atoms with E-state index >= 15 is 0 Å². The van der Waals surface area contributed by atoms with Crippen molar-refractivity contribution in [2.45, 2.75) is 38.0 Å². The Balaban J connectivity index is 1.22. The standard InChI is InChI=1S/C25H28N4O5/c30-24(31)17-33-21-10-12-29(13-11-21)25(32)23-14-22(28-34-23)20-8-6-19(7-9-20)16-27-26-15-18-4-2-1-3-5-18/h1-9,16,21,23,26H,10-15,17H2,(H,30,31). The summed E-state index contributed by atoms with van der Waals surface area (Å²) in [4.78, 5) is 30.6. The van der Waals surface area contributed by atoms with Gasteiger partial charge in [-0.2, -0.15) is 5.10 Å². The maximum absolute atomic E-state index is 12.8. The second kappa shape index (κ2) is 11.4. The van der Waals surface area contributed by atoms with Crippen LogP contribution >= 0.6 is 0 Å². The summed E-state index contributed by atoms with van der Waals surface area (Å²) in [6.45, 7) is 1.39. The fourth-order valence-corrected chi connectivity index (χ4v) is 3.93. The molecule has 4 rings (SSSR count). The fourth-order valence-electron chi connectivity index (χ4n) is 3.93. The van der Waals surface area contributed by atoms with E-state index in [-0.39, 0.29) is 18.6 Å². The number of hydrazone groups is 1. The van der Waals surface area contributed by atoms with Crippen molar-refractivity contribution in [1.29, 1.82) is 0 Å². The molecular weight excluding hydrogens is 436 g/mol. The van der Waals surface area contributed by atoms with Crippen LogP contribution in [0.5, 0.6) is 0 Å². The van der Waals surface area contributed by atoms with E-state index in [1.54, 1.807) is 11.1 Å². The molecule has 2 aromatic carbocycles. The van der Waals surface area contributed by atoms with Crippen molar-refractivity contribution in [3.63, 3.8) is 0 Å². The van der Waals surface area contributed by atoms with Crippen molar-refractivity contribution < 1.29 is 24.3 Å². The number of nitrogens with one attached hydrogen (secondary N) is 1. The van der Waals surface area contributed by atoms with Crippen molar-refractivity contribution in [3.8, 4) is 0 Å². The van der Waals surface area contributed by atoms with Gasteiger partial charge in [0.2, 0.25) is 6.10 Å². The van der Waals surface area contributed by atoms with Crippen LogP contribution in [0.4, 0.5) is 0 Å². The average molecular weight is 465 g/mol. The van der Waals surface area contributed by atoms with Gasteiger partial charge in [0, 0.05) is 19.5 Å². The number of ether oxygens (including phenoxy) is 1. The molecule has 0 spiro atoms. The Bertz CT molecular complexity index is 1030. The zero-order valence-corrected chi connectivity index (χ0v) is 18.8. The molecule has 2 heterocycles. The highest BCUT2D eigenvalue weighted by Crippen LogP contribution is 2.21. The van der Waals surface area contributed by atoms with E-state index in [4.69, 9.17) is 14.7 Å². The molecular formula is C25H28N4O5. The third-order valence-corrected chi connectivity index (χ3v) is 5.82. The number of carbonyl (C=O) groups is 2. The minimum absolute atomic E-state index is 0.0938. The summed E-state index contributed by atoms with van der Waals surface area (Å²) in [5.41, 5.74) is 6.79. The lowest BCUT2D eigenvalue weighted by Crippen LogP contribution is -2.45. The summed E-state index contributed by atoms with van der Waals surface area (Å²) in [5, 5.41) is 17.1. The van der Waals surface area contributed by atoms with Gasteiger partial charge in [0.1, 0.15) is 6.61 Å². The van der Waals surface area contributed by atoms with Gasteiger partial charge < -0.3 is 25.0 Å². The SMILES string of the molecule is O=C(O)COC1CCN(C(=O)C2CC(c3ccc(C=NNCc4ccccc4)cc3)=NO2)CC1. The zero-order chi connectivity index (χ0) is 23.8. The van der Waals surface area contributed by atoms with Crippen LogP contribution in [0, 0.1) is 0 Å². The Morgan fingerprint density at radius 2 is 1.88 bits per heavy atom. The van der Waals surface area contributed by atoms with Crippen molar-refractivity contribution in [2.24, 2.45) is 10.3 Å². The molecule has 0 bridgehead atoms. The van der Waals surface area contributed by atoms with E-state index in [9.17, 15) is 9.59 Å². The number of amides is 1. The Hall–Kier alpha value is -3.72. The predicted molar refractivity (Wildman–Crippen MR) is 127 cm³/mol. The highest BCUT2D eigenvalue weighted by molar-refractivity contribution is 6.04. The molecule has 0 radical (unpaired) electrons. The fraction of sp³-hybridized carbons (Fsp3) is 0.360. The highest BCUT2D eigenvalue weighted by Gasteiger charge is 2.34. The van der Waals surface area contributed by atoms with Crippen LogP contribution in [-0.4, -0.2) is 65.7 Å². The monoisotopic (exact) mass is 464 g/mol. The lowest BCUT2D eigenvalue weighted by molar-refractivity contribution is -0.149. The van der Waals surface area contributed by atoms with E-state index in [0.29, 0.717) is 38.9 Å². The van der Waals surface area contributed by atoms with E-state index in [2.05, 4.69) is 15.7 Å². The van der Waals surface area contributed by atoms with E-state index < -0.39 is 12.1 Å². The van der Waals surface area contributed by atoms with Gasteiger partial charge >= 0.3 is 5.97 Å². The Labute approximate surface area is 198 Å². The number of nitrogens with zero attached hydrogens (tertiary/aromatic N) is 3. The van der Waals surface area contributed by atoms with E-state index in [1.807, 2.05) is 54.6 Å². The minimum atomic E-state index is -0.984. The molecule has 0 aromatic heterocycles. The molecule has 9 nitrogen and oxygen atoms in total. The molecule has 2 aliphatic rings. The van der Waals surface area contributed by atoms with Gasteiger partial charge in [0.05, 0.1) is 24.6 Å². The largest absolute Gasteiger partial charge is 0.480 e. The number of benzene rings is 2. The molecule has 2 aliphatic heterocycles. The molecule has 1 amide bonds. The molecule has 178 valence electrons. The smallest absolute Gasteiger partial charge is 0.329 e. The van der Waals surface area contributed by atoms with Crippen molar-refractivity contribution in [3.05, 3.63) is 71.3 Å². The van der Waals surface area contributed by atoms with Crippen molar-refractivity contribution in [1.82, 2.24) is 10.3 Å². The number of hydrogen-bond donors (Lipinski definition) is 2. The predicted octanol–water partition coefficient (Wildman–Crippen LogP) is 2.40. The Kier molecular flexibility index (Phi) is 7.87. The van der Waals surface area contributed by atoms with E-state index in [1.165, 1.54) is 0 Å². The first-order valence-electron chi connectivity index (χ1n) is 11.3. The summed E-state index contributed by atoms with van der Waals surface area (Å²) in [7, 11) is 0. The third-order valence-electron chi connectivity index (χ3n) is 5.82. The van der Waals surface area contributed by atoms with Gasteiger partial charge in [-0.25, -0.2) is 4.79 Å². The lowest BCUT2D eigenvalue weighted by atomic mass is 10.0. The summed E-state index contributed by atoms with van der Waals surface area (Å²) in [6.07, 6.45) is 2.64. The molecule has 0 saturated carbocycles. The molecule has 2 aromatic rings. The van der Waals surface area contributed by atoms with Gasteiger partial charge in [0.25, 0.3) is 5.91 Å². The normalized spacial score (nSPS) is 18.5. The van der Waals surface area contributed by atoms with Crippen LogP contribution in [0.2, 0.25) is 0 Å². The van der Waals surface area contributed by atoms with Gasteiger partial charge in [-0.15, -0.1) is 0 Å². The molecule has 1 fully saturated rings. The minimum Gasteiger partial charge on any atom is -0.480 e. The number of aliphatic carboxylic acids is 1. The molecule has 1 saturated heterocycles. The number of hydrogen-bond acceptors (Lipinski definition) is 7. The first kappa shape index (κ1) is 23.4. The van der Waals surface area contributed by atoms with Crippen LogP contribution in [0.1, 0.15) is 36.0 Å². The van der Waals surface area contributed by atoms with Gasteiger partial charge in [-0.3, -0.25) is 4.79 Å². The number of carboxylic acids is 1. The number of rotatable bonds is 9. The lowest BCUT2D eigenvalue weighted by Gasteiger charge is -2.32. The van der Waals surface area contributed by atoms with Gasteiger partial charge in [-0.1, -0.05) is 59.8 Å². The number of oxime groups is 1. The summed E-state index contributed by atoms with van der Waals surface area (Å²) < 4.78 is 5.33. The molecule has 0 aliphatic carbocycles. The zero-order valence-electron chi connectivity index (χ0n) is 18.8. The Morgan fingerprint density at radius 3 is 2.59 bits per heavy atom. The third kappa shape index (κ3) is 6.41. The van der Waals surface area contributed by atoms with Crippen LogP contribution < -0.4 is 5.43 Å². The number of piperidine rings is 1. The number of carboxylic acid groups (broad SMARTS) is 1. The molecule has 1 unspecified atom stereocenters. The van der Waals surface area contributed by atoms with Crippen molar-refractivity contribution >= 4 is 23.8 Å². The second-order valence-corrected chi connectivity index (χ2v) is 8.27. The number of carbonyl (C=O) groups excluding carboxylic acids is 1. The van der Waals surface area contributed by atoms with E-state index in [0.717, 1.165) is 22.4 Å². The van der Waals surface area contributed by atoms with Crippen molar-refractivity contribution in [2.75, 3.05) is 19.7 Å². The van der Waals surface area contributed by atoms with Crippen LogP contribution in [0.3, 0.4) is 0 Å². The second-order valence-electron chi connectivity index (χ2n) is 8.27. The van der Waals surface area contributed by atoms with Gasteiger partial charge in [0.15, 0.2) is 0 Å². The summed E-state index contributed by atoms with van der Waals surface area (Å²) >= 11 is 0.